The van der Waals surface area contributed by atoms with E-state index in [0.717, 1.165) is 16.7 Å². The van der Waals surface area contributed by atoms with Crippen LogP contribution in [0.4, 0.5) is 0 Å². The molecule has 1 rings (SSSR count). The Morgan fingerprint density at radius 3 is 1.80 bits per heavy atom. The summed E-state index contributed by atoms with van der Waals surface area (Å²) in [7, 11) is 0. The van der Waals surface area contributed by atoms with Crippen LogP contribution in [0.2, 0.25) is 0 Å². The Balaban J connectivity index is 2.21. The van der Waals surface area contributed by atoms with Crippen molar-refractivity contribution in [2.75, 3.05) is 26.4 Å². The van der Waals surface area contributed by atoms with Gasteiger partial charge in [0.25, 0.3) is 0 Å². The zero-order valence-corrected chi connectivity index (χ0v) is 18.1. The average Bonchev–Trinajstić information content (AvgIpc) is 2.71. The number of aliphatic hydroxyl groups is 2. The Hall–Kier alpha value is -2.03. The van der Waals surface area contributed by atoms with E-state index in [0.29, 0.717) is 13.2 Å². The van der Waals surface area contributed by atoms with E-state index < -0.39 is 18.2 Å². The molecule has 0 saturated carbocycles. The van der Waals surface area contributed by atoms with Crippen LogP contribution in [0.3, 0.4) is 0 Å². The van der Waals surface area contributed by atoms with Crippen LogP contribution >= 0.6 is 0 Å². The maximum Gasteiger partial charge on any atom is 0.333 e. The van der Waals surface area contributed by atoms with E-state index in [1.807, 2.05) is 38.1 Å². The Bertz CT molecular complexity index is 669. The van der Waals surface area contributed by atoms with Gasteiger partial charge in [0.05, 0.1) is 39.1 Å². The van der Waals surface area contributed by atoms with E-state index in [4.69, 9.17) is 18.9 Å². The maximum absolute atomic E-state index is 11.3. The lowest BCUT2D eigenvalue weighted by atomic mass is 10.1. The van der Waals surface area contributed by atoms with Gasteiger partial charge < -0.3 is 29.2 Å². The van der Waals surface area contributed by atoms with E-state index in [-0.39, 0.29) is 38.1 Å². The van der Waals surface area contributed by atoms with E-state index >= 15 is 0 Å². The van der Waals surface area contributed by atoms with Gasteiger partial charge in [-0.25, -0.2) is 4.79 Å². The van der Waals surface area contributed by atoms with Crippen LogP contribution in [0.1, 0.15) is 31.9 Å². The van der Waals surface area contributed by atoms with E-state index in [2.05, 4.69) is 13.2 Å². The van der Waals surface area contributed by atoms with Gasteiger partial charge in [0.1, 0.15) is 18.8 Å². The minimum atomic E-state index is -0.894. The van der Waals surface area contributed by atoms with Crippen molar-refractivity contribution in [3.05, 3.63) is 59.7 Å². The molecule has 7 heteroatoms. The maximum atomic E-state index is 11.3. The summed E-state index contributed by atoms with van der Waals surface area (Å²) < 4.78 is 21.3. The molecule has 0 heterocycles. The van der Waals surface area contributed by atoms with Crippen molar-refractivity contribution < 1.29 is 34.0 Å². The molecule has 0 amide bonds. The van der Waals surface area contributed by atoms with E-state index in [1.54, 1.807) is 6.92 Å². The fourth-order valence-corrected chi connectivity index (χ4v) is 2.15. The highest BCUT2D eigenvalue weighted by molar-refractivity contribution is 5.86. The first-order valence-electron chi connectivity index (χ1n) is 9.88. The van der Waals surface area contributed by atoms with Gasteiger partial charge in [-0.3, -0.25) is 0 Å². The van der Waals surface area contributed by atoms with Crippen LogP contribution in [0.15, 0.2) is 48.6 Å². The second-order valence-electron chi connectivity index (χ2n) is 7.36. The van der Waals surface area contributed by atoms with Crippen molar-refractivity contribution in [1.29, 1.82) is 0 Å². The van der Waals surface area contributed by atoms with Crippen LogP contribution < -0.4 is 0 Å². The second-order valence-corrected chi connectivity index (χ2v) is 7.36. The van der Waals surface area contributed by atoms with Crippen LogP contribution in [0.5, 0.6) is 0 Å². The van der Waals surface area contributed by atoms with Gasteiger partial charge in [-0.15, -0.1) is 0 Å². The van der Waals surface area contributed by atoms with Gasteiger partial charge in [-0.1, -0.05) is 43.0 Å². The van der Waals surface area contributed by atoms with Gasteiger partial charge in [-0.05, 0) is 31.9 Å². The number of hydrogen-bond donors (Lipinski definition) is 2. The van der Waals surface area contributed by atoms with Crippen LogP contribution in [0, 0.1) is 0 Å². The third-order valence-corrected chi connectivity index (χ3v) is 4.17. The number of hydrogen-bond acceptors (Lipinski definition) is 7. The number of rotatable bonds is 15. The molecular weight excluding hydrogens is 388 g/mol. The molecule has 168 valence electrons. The number of carbonyl (C=O) groups excluding carboxylic acids is 1. The molecule has 7 nitrogen and oxygen atoms in total. The van der Waals surface area contributed by atoms with Crippen molar-refractivity contribution in [2.45, 2.75) is 52.3 Å². The van der Waals surface area contributed by atoms with Crippen molar-refractivity contribution in [2.24, 2.45) is 0 Å². The highest BCUT2D eigenvalue weighted by Gasteiger charge is 2.10. The molecule has 3 unspecified atom stereocenters. The number of benzene rings is 1. The summed E-state index contributed by atoms with van der Waals surface area (Å²) in [6.07, 6.45) is -1.68. The lowest BCUT2D eigenvalue weighted by Gasteiger charge is -2.16. The number of ether oxygens (including phenoxy) is 4. The lowest BCUT2D eigenvalue weighted by molar-refractivity contribution is -0.143. The summed E-state index contributed by atoms with van der Waals surface area (Å²) in [5.41, 5.74) is 3.10. The lowest BCUT2D eigenvalue weighted by Crippen LogP contribution is -2.24. The van der Waals surface area contributed by atoms with Crippen LogP contribution in [-0.2, 0) is 37.0 Å². The van der Waals surface area contributed by atoms with Crippen molar-refractivity contribution in [3.63, 3.8) is 0 Å². The third kappa shape index (κ3) is 11.2. The molecule has 0 spiro atoms. The van der Waals surface area contributed by atoms with Crippen molar-refractivity contribution in [1.82, 2.24) is 0 Å². The van der Waals surface area contributed by atoms with Crippen LogP contribution in [-0.4, -0.2) is 60.9 Å². The predicted octanol–water partition coefficient (Wildman–Crippen LogP) is 2.54. The molecule has 1 aromatic carbocycles. The van der Waals surface area contributed by atoms with Gasteiger partial charge in [0.15, 0.2) is 0 Å². The Labute approximate surface area is 178 Å². The molecule has 0 saturated heterocycles. The normalized spacial score (nSPS) is 14.0. The smallest absolute Gasteiger partial charge is 0.333 e. The third-order valence-electron chi connectivity index (χ3n) is 4.17. The molecular formula is C23H34O7. The van der Waals surface area contributed by atoms with Crippen molar-refractivity contribution >= 4 is 5.97 Å². The number of carbonyl (C=O) groups is 1. The molecule has 1 aromatic rings. The molecule has 30 heavy (non-hydrogen) atoms. The quantitative estimate of drug-likeness (QED) is 0.255. The Morgan fingerprint density at radius 1 is 0.900 bits per heavy atom. The second kappa shape index (κ2) is 14.1. The monoisotopic (exact) mass is 422 g/mol. The van der Waals surface area contributed by atoms with Gasteiger partial charge in [-0.2, -0.15) is 0 Å². The SMILES string of the molecule is C=C(C)C(=O)OCC(O)COCc1ccc(COCC(O)COC(C)C(=C)C)cc1. The standard InChI is InChI=1S/C23H34O7/c1-16(2)18(5)29-14-21(24)12-27-10-19-6-8-20(9-7-19)11-28-13-22(25)15-30-23(26)17(3)4/h6-9,18,21-22,24-25H,1,3,10-15H2,2,4-5H3. The average molecular weight is 423 g/mol. The predicted molar refractivity (Wildman–Crippen MR) is 114 cm³/mol. The van der Waals surface area contributed by atoms with Gasteiger partial charge in [0, 0.05) is 5.57 Å². The summed E-state index contributed by atoms with van der Waals surface area (Å²) in [5.74, 6) is -0.534. The highest BCUT2D eigenvalue weighted by atomic mass is 16.5. The first-order valence-corrected chi connectivity index (χ1v) is 9.88. The summed E-state index contributed by atoms with van der Waals surface area (Å²) in [4.78, 5) is 11.3. The molecule has 0 aliphatic heterocycles. The molecule has 0 fully saturated rings. The first kappa shape index (κ1) is 26.0. The molecule has 2 N–H and O–H groups in total. The molecule has 0 bridgehead atoms. The van der Waals surface area contributed by atoms with E-state index in [9.17, 15) is 15.0 Å². The molecule has 0 radical (unpaired) electrons. The summed E-state index contributed by atoms with van der Waals surface area (Å²) >= 11 is 0. The Kier molecular flexibility index (Phi) is 12.2. The van der Waals surface area contributed by atoms with Crippen LogP contribution in [0.25, 0.3) is 0 Å². The van der Waals surface area contributed by atoms with Gasteiger partial charge in [0.2, 0.25) is 0 Å². The summed E-state index contributed by atoms with van der Waals surface area (Å²) in [6, 6.07) is 7.63. The highest BCUT2D eigenvalue weighted by Crippen LogP contribution is 2.08. The fourth-order valence-electron chi connectivity index (χ4n) is 2.15. The zero-order chi connectivity index (χ0) is 22.5. The molecule has 3 atom stereocenters. The Morgan fingerprint density at radius 2 is 1.37 bits per heavy atom. The molecule has 0 aliphatic carbocycles. The van der Waals surface area contributed by atoms with Crippen molar-refractivity contribution in [3.8, 4) is 0 Å². The topological polar surface area (TPSA) is 94.5 Å². The summed E-state index contributed by atoms with van der Waals surface area (Å²) in [6.45, 7) is 13.6. The zero-order valence-electron chi connectivity index (χ0n) is 18.1. The molecule has 0 aromatic heterocycles. The number of aliphatic hydroxyl groups excluding tert-OH is 2. The summed E-state index contributed by atoms with van der Waals surface area (Å²) in [5, 5.41) is 19.6. The minimum absolute atomic E-state index is 0.0539. The van der Waals surface area contributed by atoms with E-state index in [1.165, 1.54) is 0 Å². The minimum Gasteiger partial charge on any atom is -0.460 e. The largest absolute Gasteiger partial charge is 0.460 e. The first-order chi connectivity index (χ1) is 14.2. The molecule has 0 aliphatic rings. The number of esters is 1. The fraction of sp³-hybridized carbons (Fsp3) is 0.522. The van der Waals surface area contributed by atoms with Gasteiger partial charge >= 0.3 is 5.97 Å².